The van der Waals surface area contributed by atoms with Crippen LogP contribution in [0.1, 0.15) is 15.2 Å². The molecule has 0 bridgehead atoms. The largest absolute Gasteiger partial charge is 0.497 e. The van der Waals surface area contributed by atoms with Crippen molar-refractivity contribution in [3.05, 3.63) is 75.5 Å². The summed E-state index contributed by atoms with van der Waals surface area (Å²) in [5.41, 5.74) is 1.37. The van der Waals surface area contributed by atoms with Crippen molar-refractivity contribution in [1.29, 1.82) is 0 Å². The number of amides is 1. The summed E-state index contributed by atoms with van der Waals surface area (Å²) in [6.45, 7) is 1.94. The van der Waals surface area contributed by atoms with Crippen molar-refractivity contribution in [3.8, 4) is 17.0 Å². The Morgan fingerprint density at radius 3 is 2.68 bits per heavy atom. The number of nitrogens with one attached hydrogen (secondary N) is 1. The predicted molar refractivity (Wildman–Crippen MR) is 109 cm³/mol. The van der Waals surface area contributed by atoms with E-state index < -0.39 is 11.5 Å². The molecule has 4 aromatic rings. The fourth-order valence-corrected chi connectivity index (χ4v) is 3.70. The fourth-order valence-electron chi connectivity index (χ4n) is 2.86. The first-order chi connectivity index (χ1) is 13.5. The minimum atomic E-state index is -0.702. The van der Waals surface area contributed by atoms with Crippen molar-refractivity contribution in [1.82, 2.24) is 4.98 Å². The number of ether oxygens (including phenoxy) is 1. The number of hydrogen-bond donors (Lipinski definition) is 1. The number of rotatable bonds is 4. The highest BCUT2D eigenvalue weighted by molar-refractivity contribution is 7.16. The molecule has 140 valence electrons. The van der Waals surface area contributed by atoms with E-state index in [4.69, 9.17) is 9.15 Å². The number of aryl methyl sites for hydroxylation is 1. The molecule has 0 fully saturated rings. The number of fused-ring (bicyclic) bond motifs is 1. The van der Waals surface area contributed by atoms with Gasteiger partial charge in [0.1, 0.15) is 16.9 Å². The molecule has 2 aromatic carbocycles. The van der Waals surface area contributed by atoms with Crippen LogP contribution in [0, 0.1) is 6.92 Å². The lowest BCUT2D eigenvalue weighted by Gasteiger charge is -2.04. The van der Waals surface area contributed by atoms with Crippen LogP contribution in [0.25, 0.3) is 22.2 Å². The Balaban J connectivity index is 1.65. The highest BCUT2D eigenvalue weighted by Crippen LogP contribution is 2.30. The van der Waals surface area contributed by atoms with E-state index >= 15 is 0 Å². The number of aromatic nitrogens is 1. The number of anilines is 1. The lowest BCUT2D eigenvalue weighted by molar-refractivity contribution is 0.102. The highest BCUT2D eigenvalue weighted by Gasteiger charge is 2.17. The zero-order valence-corrected chi connectivity index (χ0v) is 16.0. The molecule has 1 amide bonds. The summed E-state index contributed by atoms with van der Waals surface area (Å²) in [6, 6.07) is 16.2. The van der Waals surface area contributed by atoms with Crippen LogP contribution >= 0.6 is 11.3 Å². The Morgan fingerprint density at radius 1 is 1.14 bits per heavy atom. The quantitative estimate of drug-likeness (QED) is 0.518. The Morgan fingerprint density at radius 2 is 1.93 bits per heavy atom. The van der Waals surface area contributed by atoms with E-state index in [1.807, 2.05) is 37.3 Å². The van der Waals surface area contributed by atoms with Crippen LogP contribution in [-0.2, 0) is 0 Å². The molecule has 28 heavy (non-hydrogen) atoms. The average molecular weight is 392 g/mol. The first kappa shape index (κ1) is 17.9. The number of benzene rings is 2. The van der Waals surface area contributed by atoms with Gasteiger partial charge in [-0.2, -0.15) is 0 Å². The molecule has 0 aliphatic carbocycles. The van der Waals surface area contributed by atoms with E-state index in [1.165, 1.54) is 17.4 Å². The Kier molecular flexibility index (Phi) is 4.67. The van der Waals surface area contributed by atoms with Gasteiger partial charge in [0.25, 0.3) is 5.91 Å². The van der Waals surface area contributed by atoms with E-state index in [9.17, 15) is 9.59 Å². The maximum Gasteiger partial charge on any atom is 0.349 e. The predicted octanol–water partition coefficient (Wildman–Crippen LogP) is 4.49. The highest BCUT2D eigenvalue weighted by atomic mass is 32.1. The number of hydrogen-bond acceptors (Lipinski definition) is 6. The number of thiazole rings is 1. The maximum absolute atomic E-state index is 12.7. The second-order valence-corrected chi connectivity index (χ2v) is 7.30. The van der Waals surface area contributed by atoms with Gasteiger partial charge in [0, 0.05) is 15.8 Å². The molecule has 0 saturated heterocycles. The first-order valence-electron chi connectivity index (χ1n) is 8.51. The minimum absolute atomic E-state index is 0.0881. The molecule has 7 heteroatoms. The van der Waals surface area contributed by atoms with Crippen LogP contribution in [0.2, 0.25) is 0 Å². The second kappa shape index (κ2) is 7.28. The molecule has 2 aromatic heterocycles. The molecule has 1 N–H and O–H groups in total. The van der Waals surface area contributed by atoms with Gasteiger partial charge in [-0.1, -0.05) is 30.3 Å². The molecule has 0 atom stereocenters. The molecule has 0 saturated carbocycles. The van der Waals surface area contributed by atoms with Crippen LogP contribution in [0.3, 0.4) is 0 Å². The molecule has 0 aliphatic rings. The summed E-state index contributed by atoms with van der Waals surface area (Å²) in [6.07, 6.45) is 0. The van der Waals surface area contributed by atoms with Crippen LogP contribution < -0.4 is 15.7 Å². The van der Waals surface area contributed by atoms with Gasteiger partial charge >= 0.3 is 5.63 Å². The molecule has 2 heterocycles. The van der Waals surface area contributed by atoms with Crippen molar-refractivity contribution in [2.45, 2.75) is 6.92 Å². The standard InChI is InChI=1S/C21H16N2O4S/c1-12-18(13-6-4-3-5-7-13)22-21(28-12)23-19(24)16-11-14-10-15(26-2)8-9-17(14)27-20(16)25/h3-11H,1-2H3,(H,22,23,24). The summed E-state index contributed by atoms with van der Waals surface area (Å²) < 4.78 is 10.4. The molecule has 0 radical (unpaired) electrons. The van der Waals surface area contributed by atoms with Crippen LogP contribution in [0.5, 0.6) is 5.75 Å². The third kappa shape index (κ3) is 3.39. The Labute approximate surface area is 164 Å². The van der Waals surface area contributed by atoms with Gasteiger partial charge < -0.3 is 9.15 Å². The number of methoxy groups -OCH3 is 1. The topological polar surface area (TPSA) is 81.4 Å². The Bertz CT molecular complexity index is 1230. The van der Waals surface area contributed by atoms with E-state index in [1.54, 1.807) is 25.3 Å². The van der Waals surface area contributed by atoms with Crippen molar-refractivity contribution in [3.63, 3.8) is 0 Å². The second-order valence-electron chi connectivity index (χ2n) is 6.10. The SMILES string of the molecule is COc1ccc2oc(=O)c(C(=O)Nc3nc(-c4ccccc4)c(C)s3)cc2c1. The van der Waals surface area contributed by atoms with Crippen molar-refractivity contribution < 1.29 is 13.9 Å². The van der Waals surface area contributed by atoms with Gasteiger partial charge in [-0.3, -0.25) is 10.1 Å². The van der Waals surface area contributed by atoms with Crippen LogP contribution in [0.4, 0.5) is 5.13 Å². The zero-order valence-electron chi connectivity index (χ0n) is 15.2. The van der Waals surface area contributed by atoms with Gasteiger partial charge in [-0.25, -0.2) is 9.78 Å². The monoisotopic (exact) mass is 392 g/mol. The molecule has 0 spiro atoms. The summed E-state index contributed by atoms with van der Waals surface area (Å²) in [4.78, 5) is 30.4. The van der Waals surface area contributed by atoms with E-state index in [-0.39, 0.29) is 5.56 Å². The fraction of sp³-hybridized carbons (Fsp3) is 0.0952. The number of carbonyl (C=O) groups is 1. The normalized spacial score (nSPS) is 10.8. The number of nitrogens with zero attached hydrogens (tertiary/aromatic N) is 1. The first-order valence-corrected chi connectivity index (χ1v) is 9.33. The maximum atomic E-state index is 12.7. The van der Waals surface area contributed by atoms with Crippen molar-refractivity contribution in [2.24, 2.45) is 0 Å². The van der Waals surface area contributed by atoms with Gasteiger partial charge in [0.15, 0.2) is 5.13 Å². The van der Waals surface area contributed by atoms with Gasteiger partial charge in [-0.15, -0.1) is 11.3 Å². The summed E-state index contributed by atoms with van der Waals surface area (Å²) in [5, 5.41) is 3.72. The minimum Gasteiger partial charge on any atom is -0.497 e. The van der Waals surface area contributed by atoms with Gasteiger partial charge in [-0.05, 0) is 31.2 Å². The zero-order chi connectivity index (χ0) is 19.7. The molecule has 4 rings (SSSR count). The summed E-state index contributed by atoms with van der Waals surface area (Å²) in [5.74, 6) is 0.0441. The van der Waals surface area contributed by atoms with Crippen molar-refractivity contribution in [2.75, 3.05) is 12.4 Å². The summed E-state index contributed by atoms with van der Waals surface area (Å²) in [7, 11) is 1.54. The smallest absolute Gasteiger partial charge is 0.349 e. The van der Waals surface area contributed by atoms with E-state index in [0.29, 0.717) is 21.9 Å². The van der Waals surface area contributed by atoms with Gasteiger partial charge in [0.05, 0.1) is 12.8 Å². The third-order valence-electron chi connectivity index (χ3n) is 4.25. The third-order valence-corrected chi connectivity index (χ3v) is 5.13. The average Bonchev–Trinajstić information content (AvgIpc) is 3.07. The van der Waals surface area contributed by atoms with Crippen LogP contribution in [-0.4, -0.2) is 18.0 Å². The molecule has 0 aliphatic heterocycles. The van der Waals surface area contributed by atoms with Crippen molar-refractivity contribution >= 4 is 33.3 Å². The van der Waals surface area contributed by atoms with E-state index in [0.717, 1.165) is 16.1 Å². The summed E-state index contributed by atoms with van der Waals surface area (Å²) >= 11 is 1.35. The molecule has 0 unspecified atom stereocenters. The molecule has 6 nitrogen and oxygen atoms in total. The van der Waals surface area contributed by atoms with E-state index in [2.05, 4.69) is 10.3 Å². The van der Waals surface area contributed by atoms with Crippen LogP contribution in [0.15, 0.2) is 63.8 Å². The molecular weight excluding hydrogens is 376 g/mol. The van der Waals surface area contributed by atoms with Gasteiger partial charge in [0.2, 0.25) is 0 Å². The lowest BCUT2D eigenvalue weighted by Crippen LogP contribution is -2.20. The molecular formula is C21H16N2O4S. The number of carbonyl (C=O) groups excluding carboxylic acids is 1. The lowest BCUT2D eigenvalue weighted by atomic mass is 10.1. The Hall–Kier alpha value is -3.45.